The van der Waals surface area contributed by atoms with Gasteiger partial charge in [0.15, 0.2) is 0 Å². The molecule has 0 radical (unpaired) electrons. The Labute approximate surface area is 75.0 Å². The zero-order chi connectivity index (χ0) is 9.72. The van der Waals surface area contributed by atoms with E-state index in [0.717, 1.165) is 11.5 Å². The second kappa shape index (κ2) is 4.96. The molecule has 1 aromatic heterocycles. The fourth-order valence-electron chi connectivity index (χ4n) is 1.31. The smallest absolute Gasteiger partial charge is 0.137 e. The van der Waals surface area contributed by atoms with Crippen LogP contribution in [0.1, 0.15) is 50.6 Å². The minimum absolute atomic E-state index is 0.520. The molecule has 1 aromatic rings. The van der Waals surface area contributed by atoms with Gasteiger partial charge in [0.05, 0.1) is 5.69 Å². The van der Waals surface area contributed by atoms with Gasteiger partial charge in [-0.1, -0.05) is 32.9 Å². The molecule has 0 atom stereocenters. The molecule has 0 fully saturated rings. The Balaban J connectivity index is 0.000000561. The summed E-state index contributed by atoms with van der Waals surface area (Å²) in [6.45, 7) is 12.2. The summed E-state index contributed by atoms with van der Waals surface area (Å²) < 4.78 is 5.01. The van der Waals surface area contributed by atoms with Crippen molar-refractivity contribution in [2.45, 2.75) is 47.5 Å². The lowest BCUT2D eigenvalue weighted by Gasteiger charge is -2.00. The molecule has 0 N–H and O–H groups in total. The summed E-state index contributed by atoms with van der Waals surface area (Å²) >= 11 is 0. The highest BCUT2D eigenvalue weighted by Gasteiger charge is 2.11. The third-order valence-corrected chi connectivity index (χ3v) is 1.67. The summed E-state index contributed by atoms with van der Waals surface area (Å²) in [5.41, 5.74) is 2.27. The van der Waals surface area contributed by atoms with Gasteiger partial charge in [-0.05, 0) is 19.8 Å². The van der Waals surface area contributed by atoms with E-state index in [-0.39, 0.29) is 0 Å². The summed E-state index contributed by atoms with van der Waals surface area (Å²) in [6, 6.07) is 0. The van der Waals surface area contributed by atoms with Gasteiger partial charge in [-0.3, -0.25) is 0 Å². The molecule has 2 nitrogen and oxygen atoms in total. The molecule has 0 spiro atoms. The molecule has 0 aliphatic heterocycles. The van der Waals surface area contributed by atoms with Gasteiger partial charge in [-0.2, -0.15) is 0 Å². The molecule has 0 aliphatic rings. The Morgan fingerprint density at radius 2 is 1.67 bits per heavy atom. The quantitative estimate of drug-likeness (QED) is 0.643. The molecule has 0 saturated heterocycles. The molecule has 1 rings (SSSR count). The standard InChI is InChI=1S/C8H13NO.C2H6/c1-5(2)8-6(3)9-10-7(8)4;1-2/h5H,1-4H3;1-2H3. The number of aryl methyl sites for hydroxylation is 2. The van der Waals surface area contributed by atoms with Crippen LogP contribution in [0.3, 0.4) is 0 Å². The molecule has 0 bridgehead atoms. The highest BCUT2D eigenvalue weighted by molar-refractivity contribution is 5.23. The molecular formula is C10H19NO. The lowest BCUT2D eigenvalue weighted by Crippen LogP contribution is -1.89. The van der Waals surface area contributed by atoms with Crippen molar-refractivity contribution in [1.82, 2.24) is 5.16 Å². The summed E-state index contributed by atoms with van der Waals surface area (Å²) in [6.07, 6.45) is 0. The van der Waals surface area contributed by atoms with E-state index in [9.17, 15) is 0 Å². The lowest BCUT2D eigenvalue weighted by molar-refractivity contribution is 0.392. The first kappa shape index (κ1) is 11.2. The van der Waals surface area contributed by atoms with E-state index < -0.39 is 0 Å². The van der Waals surface area contributed by atoms with Crippen LogP contribution in [0.2, 0.25) is 0 Å². The summed E-state index contributed by atoms with van der Waals surface area (Å²) in [5.74, 6) is 1.47. The molecule has 0 aromatic carbocycles. The van der Waals surface area contributed by atoms with Crippen LogP contribution in [0.5, 0.6) is 0 Å². The van der Waals surface area contributed by atoms with Crippen LogP contribution in [0.4, 0.5) is 0 Å². The zero-order valence-electron chi connectivity index (χ0n) is 8.93. The second-order valence-corrected chi connectivity index (χ2v) is 2.89. The Kier molecular flexibility index (Phi) is 4.64. The van der Waals surface area contributed by atoms with Gasteiger partial charge >= 0.3 is 0 Å². The molecule has 0 unspecified atom stereocenters. The van der Waals surface area contributed by atoms with Crippen LogP contribution in [-0.4, -0.2) is 5.16 Å². The average Bonchev–Trinajstić information content (AvgIpc) is 2.35. The number of hydrogen-bond acceptors (Lipinski definition) is 2. The van der Waals surface area contributed by atoms with Crippen molar-refractivity contribution in [3.63, 3.8) is 0 Å². The maximum absolute atomic E-state index is 5.01. The SMILES string of the molecule is CC.Cc1noc(C)c1C(C)C. The van der Waals surface area contributed by atoms with Crippen LogP contribution in [-0.2, 0) is 0 Å². The van der Waals surface area contributed by atoms with Crippen LogP contribution in [0.25, 0.3) is 0 Å². The van der Waals surface area contributed by atoms with E-state index in [1.165, 1.54) is 5.56 Å². The van der Waals surface area contributed by atoms with E-state index in [4.69, 9.17) is 4.52 Å². The maximum atomic E-state index is 5.01. The van der Waals surface area contributed by atoms with Crippen molar-refractivity contribution in [3.05, 3.63) is 17.0 Å². The van der Waals surface area contributed by atoms with Gasteiger partial charge in [-0.25, -0.2) is 0 Å². The second-order valence-electron chi connectivity index (χ2n) is 2.89. The first-order chi connectivity index (χ1) is 5.63. The predicted molar refractivity (Wildman–Crippen MR) is 51.4 cm³/mol. The van der Waals surface area contributed by atoms with E-state index >= 15 is 0 Å². The minimum Gasteiger partial charge on any atom is -0.361 e. The molecule has 1 heterocycles. The van der Waals surface area contributed by atoms with Gasteiger partial charge in [0, 0.05) is 5.56 Å². The molecule has 0 aliphatic carbocycles. The molecule has 0 saturated carbocycles. The molecule has 0 amide bonds. The highest BCUT2D eigenvalue weighted by atomic mass is 16.5. The van der Waals surface area contributed by atoms with Crippen LogP contribution in [0, 0.1) is 13.8 Å². The summed E-state index contributed by atoms with van der Waals surface area (Å²) in [5, 5.41) is 3.86. The van der Waals surface area contributed by atoms with Crippen molar-refractivity contribution in [2.75, 3.05) is 0 Å². The average molecular weight is 169 g/mol. The Morgan fingerprint density at radius 3 is 1.83 bits per heavy atom. The van der Waals surface area contributed by atoms with Crippen LogP contribution < -0.4 is 0 Å². The predicted octanol–water partition coefficient (Wildman–Crippen LogP) is 3.44. The normalized spacial score (nSPS) is 9.58. The summed E-state index contributed by atoms with van der Waals surface area (Å²) in [4.78, 5) is 0. The van der Waals surface area contributed by atoms with Crippen molar-refractivity contribution in [3.8, 4) is 0 Å². The van der Waals surface area contributed by atoms with Crippen molar-refractivity contribution < 1.29 is 4.52 Å². The maximum Gasteiger partial charge on any atom is 0.137 e. The Hall–Kier alpha value is -0.790. The van der Waals surface area contributed by atoms with Gasteiger partial charge in [0.1, 0.15) is 5.76 Å². The molecule has 2 heteroatoms. The summed E-state index contributed by atoms with van der Waals surface area (Å²) in [7, 11) is 0. The minimum atomic E-state index is 0.520. The lowest BCUT2D eigenvalue weighted by atomic mass is 10.0. The Morgan fingerprint density at radius 1 is 1.17 bits per heavy atom. The third kappa shape index (κ3) is 2.36. The number of hydrogen-bond donors (Lipinski definition) is 0. The highest BCUT2D eigenvalue weighted by Crippen LogP contribution is 2.21. The molecule has 12 heavy (non-hydrogen) atoms. The third-order valence-electron chi connectivity index (χ3n) is 1.67. The Bertz CT molecular complexity index is 206. The largest absolute Gasteiger partial charge is 0.361 e. The van der Waals surface area contributed by atoms with Crippen molar-refractivity contribution in [2.24, 2.45) is 0 Å². The van der Waals surface area contributed by atoms with E-state index in [1.54, 1.807) is 0 Å². The van der Waals surface area contributed by atoms with Gasteiger partial charge in [-0.15, -0.1) is 0 Å². The molecule has 70 valence electrons. The first-order valence-electron chi connectivity index (χ1n) is 4.55. The number of nitrogens with zero attached hydrogens (tertiary/aromatic N) is 1. The fourth-order valence-corrected chi connectivity index (χ4v) is 1.31. The zero-order valence-corrected chi connectivity index (χ0v) is 8.93. The van der Waals surface area contributed by atoms with E-state index in [2.05, 4.69) is 19.0 Å². The molecular weight excluding hydrogens is 150 g/mol. The number of rotatable bonds is 1. The number of aromatic nitrogens is 1. The van der Waals surface area contributed by atoms with Crippen molar-refractivity contribution in [1.29, 1.82) is 0 Å². The van der Waals surface area contributed by atoms with Crippen LogP contribution in [0.15, 0.2) is 4.52 Å². The fraction of sp³-hybridized carbons (Fsp3) is 0.700. The van der Waals surface area contributed by atoms with E-state index in [1.807, 2.05) is 27.7 Å². The van der Waals surface area contributed by atoms with E-state index in [0.29, 0.717) is 5.92 Å². The topological polar surface area (TPSA) is 26.0 Å². The van der Waals surface area contributed by atoms with Crippen LogP contribution >= 0.6 is 0 Å². The van der Waals surface area contributed by atoms with Gasteiger partial charge in [0.2, 0.25) is 0 Å². The monoisotopic (exact) mass is 169 g/mol. The first-order valence-corrected chi connectivity index (χ1v) is 4.55. The van der Waals surface area contributed by atoms with Crippen molar-refractivity contribution >= 4 is 0 Å². The van der Waals surface area contributed by atoms with Gasteiger partial charge < -0.3 is 4.52 Å². The van der Waals surface area contributed by atoms with Gasteiger partial charge in [0.25, 0.3) is 0 Å².